The molecule has 1 aliphatic heterocycles. The number of anilines is 1. The molecule has 2 N–H and O–H groups in total. The molecule has 2 heterocycles. The summed E-state index contributed by atoms with van der Waals surface area (Å²) in [6.07, 6.45) is 0.244. The van der Waals surface area contributed by atoms with E-state index in [0.717, 1.165) is 0 Å². The number of nitrogens with zero attached hydrogens (tertiary/aromatic N) is 4. The normalized spacial score (nSPS) is 33.8. The lowest BCUT2D eigenvalue weighted by Gasteiger charge is -2.15. The van der Waals surface area contributed by atoms with Crippen molar-refractivity contribution in [2.75, 3.05) is 12.3 Å². The van der Waals surface area contributed by atoms with Crippen LogP contribution in [0.3, 0.4) is 0 Å². The minimum absolute atomic E-state index is 0.171. The molecule has 0 bridgehead atoms. The molecule has 0 amide bonds. The molecule has 1 saturated heterocycles. The van der Waals surface area contributed by atoms with Gasteiger partial charge in [-0.1, -0.05) is 12.0 Å². The summed E-state index contributed by atoms with van der Waals surface area (Å²) < 4.78 is 7.12. The topological polar surface area (TPSA) is 78.8 Å². The Morgan fingerprint density at radius 1 is 1.54 bits per heavy atom. The zero-order chi connectivity index (χ0) is 9.42. The number of hydrogen-bond donors (Lipinski definition) is 1. The van der Waals surface area contributed by atoms with Gasteiger partial charge in [0.05, 0.1) is 18.8 Å². The van der Waals surface area contributed by atoms with Gasteiger partial charge in [0.1, 0.15) is 0 Å². The third kappa shape index (κ3) is 1.27. The summed E-state index contributed by atoms with van der Waals surface area (Å²) in [5, 5.41) is 11.0. The lowest BCUT2D eigenvalue weighted by Crippen LogP contribution is -2.21. The summed E-state index contributed by atoms with van der Waals surface area (Å²) in [7, 11) is 0. The minimum Gasteiger partial charge on any atom is -0.376 e. The molecule has 72 valence electrons. The molecule has 13 heavy (non-hydrogen) atoms. The van der Waals surface area contributed by atoms with Crippen LogP contribution in [0.5, 0.6) is 0 Å². The first-order valence-electron chi connectivity index (χ1n) is 4.35. The Hall–Kier alpha value is -1.17. The monoisotopic (exact) mass is 183 g/mol. The van der Waals surface area contributed by atoms with E-state index in [0.29, 0.717) is 18.5 Å². The molecule has 1 aromatic heterocycles. The van der Waals surface area contributed by atoms with Gasteiger partial charge in [-0.05, 0) is 17.4 Å². The molecule has 0 spiro atoms. The Labute approximate surface area is 76.1 Å². The zero-order valence-corrected chi connectivity index (χ0v) is 7.71. The van der Waals surface area contributed by atoms with Crippen LogP contribution >= 0.6 is 0 Å². The van der Waals surface area contributed by atoms with E-state index in [-0.39, 0.29) is 12.1 Å². The third-order valence-corrected chi connectivity index (χ3v) is 2.71. The molecule has 6 nitrogen and oxygen atoms in total. The summed E-state index contributed by atoms with van der Waals surface area (Å²) in [5.41, 5.74) is 5.60. The van der Waals surface area contributed by atoms with Crippen LogP contribution in [-0.4, -0.2) is 32.9 Å². The molecule has 1 aliphatic rings. The maximum atomic E-state index is 5.60. The predicted molar refractivity (Wildman–Crippen MR) is 45.8 cm³/mol. The number of hydrogen-bond acceptors (Lipinski definition) is 5. The minimum atomic E-state index is 0.171. The Morgan fingerprint density at radius 2 is 2.31 bits per heavy atom. The van der Waals surface area contributed by atoms with E-state index in [9.17, 15) is 0 Å². The van der Waals surface area contributed by atoms with Gasteiger partial charge >= 0.3 is 0 Å². The van der Waals surface area contributed by atoms with Gasteiger partial charge in [-0.25, -0.2) is 4.68 Å². The third-order valence-electron chi connectivity index (χ3n) is 2.71. The Bertz CT molecular complexity index is 299. The molecule has 0 radical (unpaired) electrons. The van der Waals surface area contributed by atoms with Crippen LogP contribution in [0, 0.1) is 5.92 Å². The second kappa shape index (κ2) is 2.95. The Balaban J connectivity index is 2.23. The first-order chi connectivity index (χ1) is 6.20. The number of ether oxygens (including phenoxy) is 1. The quantitative estimate of drug-likeness (QED) is 0.655. The average Bonchev–Trinajstić information content (AvgIpc) is 2.62. The van der Waals surface area contributed by atoms with E-state index in [4.69, 9.17) is 10.5 Å². The van der Waals surface area contributed by atoms with Crippen LogP contribution in [0.4, 0.5) is 5.95 Å². The van der Waals surface area contributed by atoms with Crippen LogP contribution in [0.15, 0.2) is 0 Å². The summed E-state index contributed by atoms with van der Waals surface area (Å²) in [6, 6.07) is 0.171. The molecular formula is C7H13N5O. The first kappa shape index (κ1) is 8.43. The van der Waals surface area contributed by atoms with Gasteiger partial charge in [0.25, 0.3) is 0 Å². The molecule has 0 aliphatic carbocycles. The Kier molecular flexibility index (Phi) is 1.91. The van der Waals surface area contributed by atoms with Crippen LogP contribution in [-0.2, 0) is 4.74 Å². The maximum Gasteiger partial charge on any atom is 0.240 e. The summed E-state index contributed by atoms with van der Waals surface area (Å²) in [6.45, 7) is 4.80. The molecule has 6 heteroatoms. The van der Waals surface area contributed by atoms with Crippen LogP contribution in [0.25, 0.3) is 0 Å². The number of aromatic nitrogens is 4. The van der Waals surface area contributed by atoms with Crippen molar-refractivity contribution < 1.29 is 4.74 Å². The number of nitrogens with two attached hydrogens (primary N) is 1. The van der Waals surface area contributed by atoms with E-state index >= 15 is 0 Å². The van der Waals surface area contributed by atoms with Crippen molar-refractivity contribution >= 4 is 5.95 Å². The second-order valence-electron chi connectivity index (χ2n) is 3.45. The van der Waals surface area contributed by atoms with Crippen molar-refractivity contribution in [3.05, 3.63) is 0 Å². The molecule has 1 fully saturated rings. The van der Waals surface area contributed by atoms with Crippen molar-refractivity contribution in [2.45, 2.75) is 26.0 Å². The highest BCUT2D eigenvalue weighted by Gasteiger charge is 2.33. The van der Waals surface area contributed by atoms with E-state index in [2.05, 4.69) is 22.4 Å². The largest absolute Gasteiger partial charge is 0.376 e. The van der Waals surface area contributed by atoms with Crippen molar-refractivity contribution in [1.29, 1.82) is 0 Å². The molecule has 1 aromatic rings. The fraction of sp³-hybridized carbons (Fsp3) is 0.857. The molecule has 0 saturated carbocycles. The van der Waals surface area contributed by atoms with Gasteiger partial charge in [0.2, 0.25) is 5.95 Å². The fourth-order valence-corrected chi connectivity index (χ4v) is 1.60. The van der Waals surface area contributed by atoms with E-state index in [1.165, 1.54) is 0 Å². The lowest BCUT2D eigenvalue weighted by molar-refractivity contribution is 0.108. The van der Waals surface area contributed by atoms with Crippen molar-refractivity contribution in [1.82, 2.24) is 20.2 Å². The predicted octanol–water partition coefficient (Wildman–Crippen LogP) is -0.149. The van der Waals surface area contributed by atoms with E-state index in [1.807, 2.05) is 6.92 Å². The van der Waals surface area contributed by atoms with E-state index in [1.54, 1.807) is 4.68 Å². The van der Waals surface area contributed by atoms with Crippen LogP contribution < -0.4 is 5.73 Å². The molecular weight excluding hydrogens is 170 g/mol. The van der Waals surface area contributed by atoms with Crippen molar-refractivity contribution in [3.8, 4) is 0 Å². The van der Waals surface area contributed by atoms with Crippen molar-refractivity contribution in [3.63, 3.8) is 0 Å². The number of nitrogen functional groups attached to an aromatic ring is 1. The van der Waals surface area contributed by atoms with Gasteiger partial charge in [0.15, 0.2) is 0 Å². The highest BCUT2D eigenvalue weighted by Crippen LogP contribution is 2.30. The van der Waals surface area contributed by atoms with Gasteiger partial charge in [0, 0.05) is 5.92 Å². The van der Waals surface area contributed by atoms with Crippen molar-refractivity contribution in [2.24, 2.45) is 5.92 Å². The molecule has 0 aromatic carbocycles. The van der Waals surface area contributed by atoms with Gasteiger partial charge in [-0.3, -0.25) is 0 Å². The highest BCUT2D eigenvalue weighted by molar-refractivity contribution is 5.12. The van der Waals surface area contributed by atoms with Crippen LogP contribution in [0.1, 0.15) is 19.9 Å². The highest BCUT2D eigenvalue weighted by atomic mass is 16.5. The summed E-state index contributed by atoms with van der Waals surface area (Å²) >= 11 is 0. The second-order valence-corrected chi connectivity index (χ2v) is 3.45. The maximum absolute atomic E-state index is 5.60. The SMILES string of the molecule is CC1OCC(n2nnnc2N)C1C. The summed E-state index contributed by atoms with van der Waals surface area (Å²) in [4.78, 5) is 0. The van der Waals surface area contributed by atoms with Gasteiger partial charge in [-0.15, -0.1) is 0 Å². The molecule has 3 unspecified atom stereocenters. The molecule has 3 atom stereocenters. The fourth-order valence-electron chi connectivity index (χ4n) is 1.60. The van der Waals surface area contributed by atoms with E-state index < -0.39 is 0 Å². The standard InChI is InChI=1S/C7H13N5O/c1-4-5(2)13-3-6(4)12-7(8)9-10-11-12/h4-6H,3H2,1-2H3,(H2,8,9,11). The van der Waals surface area contributed by atoms with Crippen LogP contribution in [0.2, 0.25) is 0 Å². The molecule has 2 rings (SSSR count). The zero-order valence-electron chi connectivity index (χ0n) is 7.71. The summed E-state index contributed by atoms with van der Waals surface area (Å²) in [5.74, 6) is 0.750. The number of rotatable bonds is 1. The van der Waals surface area contributed by atoms with Gasteiger partial charge < -0.3 is 10.5 Å². The smallest absolute Gasteiger partial charge is 0.240 e. The first-order valence-corrected chi connectivity index (χ1v) is 4.35. The lowest BCUT2D eigenvalue weighted by atomic mass is 10.0. The Morgan fingerprint density at radius 3 is 2.77 bits per heavy atom. The average molecular weight is 183 g/mol. The number of tetrazole rings is 1. The van der Waals surface area contributed by atoms with Gasteiger partial charge in [-0.2, -0.15) is 0 Å².